The highest BCUT2D eigenvalue weighted by molar-refractivity contribution is 5.88. The summed E-state index contributed by atoms with van der Waals surface area (Å²) in [6, 6.07) is 14.6. The number of urea groups is 1. The van der Waals surface area contributed by atoms with Crippen LogP contribution in [-0.2, 0) is 11.3 Å². The molecule has 160 valence electrons. The van der Waals surface area contributed by atoms with Crippen molar-refractivity contribution in [1.29, 1.82) is 0 Å². The molecule has 6 nitrogen and oxygen atoms in total. The molecule has 1 saturated heterocycles. The van der Waals surface area contributed by atoms with Crippen LogP contribution in [0, 0.1) is 6.92 Å². The SMILES string of the molecule is CONC(=O)N1CCC2(CCc3cc(-c4cnc5ccccc5c4C)ccc3O2)CC1. The second-order valence-corrected chi connectivity index (χ2v) is 8.52. The molecule has 1 N–H and O–H groups in total. The molecule has 2 aliphatic heterocycles. The average Bonchev–Trinajstić information content (AvgIpc) is 2.80. The number of benzene rings is 2. The molecule has 0 radical (unpaired) electrons. The van der Waals surface area contributed by atoms with E-state index >= 15 is 0 Å². The van der Waals surface area contributed by atoms with Crippen molar-refractivity contribution in [3.63, 3.8) is 0 Å². The van der Waals surface area contributed by atoms with E-state index in [1.165, 1.54) is 34.7 Å². The van der Waals surface area contributed by atoms with Crippen LogP contribution in [0.25, 0.3) is 22.0 Å². The fraction of sp³-hybridized carbons (Fsp3) is 0.360. The number of piperidine rings is 1. The number of fused-ring (bicyclic) bond motifs is 2. The van der Waals surface area contributed by atoms with E-state index in [9.17, 15) is 4.79 Å². The van der Waals surface area contributed by atoms with Gasteiger partial charge in [-0.3, -0.25) is 9.82 Å². The molecule has 2 aliphatic rings. The molecule has 0 atom stereocenters. The molecule has 3 heterocycles. The number of aromatic nitrogens is 1. The van der Waals surface area contributed by atoms with Crippen LogP contribution in [0.4, 0.5) is 4.79 Å². The van der Waals surface area contributed by atoms with Gasteiger partial charge in [-0.05, 0) is 54.7 Å². The van der Waals surface area contributed by atoms with Crippen LogP contribution in [-0.4, -0.2) is 41.7 Å². The maximum atomic E-state index is 12.0. The van der Waals surface area contributed by atoms with Crippen LogP contribution in [0.15, 0.2) is 48.7 Å². The van der Waals surface area contributed by atoms with E-state index in [0.717, 1.165) is 36.9 Å². The number of carbonyl (C=O) groups excluding carboxylic acids is 1. The van der Waals surface area contributed by atoms with Crippen LogP contribution in [0.1, 0.15) is 30.4 Å². The Balaban J connectivity index is 1.36. The lowest BCUT2D eigenvalue weighted by Crippen LogP contribution is -2.53. The second-order valence-electron chi connectivity index (χ2n) is 8.52. The summed E-state index contributed by atoms with van der Waals surface area (Å²) in [5.41, 5.74) is 8.09. The molecule has 6 heteroatoms. The molecule has 2 amide bonds. The Bertz CT molecular complexity index is 1140. The van der Waals surface area contributed by atoms with E-state index in [1.807, 2.05) is 12.3 Å². The number of amides is 2. The molecule has 3 aromatic rings. The average molecular weight is 418 g/mol. The van der Waals surface area contributed by atoms with Crippen molar-refractivity contribution < 1.29 is 14.4 Å². The molecule has 1 fully saturated rings. The number of pyridine rings is 1. The monoisotopic (exact) mass is 417 g/mol. The summed E-state index contributed by atoms with van der Waals surface area (Å²) >= 11 is 0. The highest BCUT2D eigenvalue weighted by Gasteiger charge is 2.40. The van der Waals surface area contributed by atoms with Gasteiger partial charge in [-0.1, -0.05) is 24.3 Å². The van der Waals surface area contributed by atoms with Crippen LogP contribution in [0.5, 0.6) is 5.75 Å². The Morgan fingerprint density at radius 3 is 2.77 bits per heavy atom. The van der Waals surface area contributed by atoms with Gasteiger partial charge in [0.05, 0.1) is 12.6 Å². The summed E-state index contributed by atoms with van der Waals surface area (Å²) < 4.78 is 6.53. The molecule has 31 heavy (non-hydrogen) atoms. The van der Waals surface area contributed by atoms with Crippen molar-refractivity contribution >= 4 is 16.9 Å². The quantitative estimate of drug-likeness (QED) is 0.617. The van der Waals surface area contributed by atoms with Gasteiger partial charge in [0.15, 0.2) is 0 Å². The van der Waals surface area contributed by atoms with Gasteiger partial charge in [0, 0.05) is 43.1 Å². The fourth-order valence-corrected chi connectivity index (χ4v) is 4.88. The number of nitrogens with one attached hydrogen (secondary N) is 1. The van der Waals surface area contributed by atoms with E-state index in [0.29, 0.717) is 13.1 Å². The van der Waals surface area contributed by atoms with E-state index in [4.69, 9.17) is 9.57 Å². The lowest BCUT2D eigenvalue weighted by atomic mass is 9.82. The molecule has 1 spiro atoms. The molecule has 0 bridgehead atoms. The number of nitrogens with zero attached hydrogens (tertiary/aromatic N) is 2. The lowest BCUT2D eigenvalue weighted by molar-refractivity contribution is -0.0107. The van der Waals surface area contributed by atoms with Crippen LogP contribution < -0.4 is 10.2 Å². The molecular formula is C25H27N3O3. The van der Waals surface area contributed by atoms with Crippen molar-refractivity contribution in [3.8, 4) is 16.9 Å². The number of ether oxygens (including phenoxy) is 1. The molecule has 2 aromatic carbocycles. The number of aryl methyl sites for hydroxylation is 2. The maximum Gasteiger partial charge on any atom is 0.341 e. The highest BCUT2D eigenvalue weighted by atomic mass is 16.6. The second kappa shape index (κ2) is 7.85. The van der Waals surface area contributed by atoms with Gasteiger partial charge in [-0.25, -0.2) is 10.3 Å². The number of hydrogen-bond acceptors (Lipinski definition) is 4. The van der Waals surface area contributed by atoms with E-state index in [1.54, 1.807) is 4.90 Å². The Morgan fingerprint density at radius 2 is 1.97 bits per heavy atom. The topological polar surface area (TPSA) is 63.7 Å². The molecule has 0 saturated carbocycles. The first-order valence-corrected chi connectivity index (χ1v) is 10.8. The van der Waals surface area contributed by atoms with Crippen molar-refractivity contribution in [2.45, 2.75) is 38.2 Å². The number of carbonyl (C=O) groups is 1. The van der Waals surface area contributed by atoms with Crippen LogP contribution >= 0.6 is 0 Å². The number of hydroxylamine groups is 1. The van der Waals surface area contributed by atoms with Crippen molar-refractivity contribution in [2.24, 2.45) is 0 Å². The Labute approximate surface area is 182 Å². The predicted molar refractivity (Wildman–Crippen MR) is 120 cm³/mol. The normalized spacial score (nSPS) is 17.3. The van der Waals surface area contributed by atoms with Crippen molar-refractivity contribution in [3.05, 3.63) is 59.8 Å². The summed E-state index contributed by atoms with van der Waals surface area (Å²) in [5, 5.41) is 1.19. The van der Waals surface area contributed by atoms with Crippen molar-refractivity contribution in [1.82, 2.24) is 15.4 Å². The molecule has 0 aliphatic carbocycles. The van der Waals surface area contributed by atoms with E-state index < -0.39 is 0 Å². The zero-order valence-electron chi connectivity index (χ0n) is 18.0. The summed E-state index contributed by atoms with van der Waals surface area (Å²) in [7, 11) is 1.45. The largest absolute Gasteiger partial charge is 0.487 e. The molecular weight excluding hydrogens is 390 g/mol. The minimum Gasteiger partial charge on any atom is -0.487 e. The highest BCUT2D eigenvalue weighted by Crippen LogP contribution is 2.41. The first-order valence-electron chi connectivity index (χ1n) is 10.8. The number of hydrogen-bond donors (Lipinski definition) is 1. The number of likely N-dealkylation sites (tertiary alicyclic amines) is 1. The zero-order chi connectivity index (χ0) is 21.4. The molecule has 5 rings (SSSR count). The molecule has 1 aromatic heterocycles. The summed E-state index contributed by atoms with van der Waals surface area (Å²) in [5.74, 6) is 0.969. The smallest absolute Gasteiger partial charge is 0.341 e. The first kappa shape index (κ1) is 19.8. The molecule has 0 unspecified atom stereocenters. The third kappa shape index (κ3) is 3.61. The van der Waals surface area contributed by atoms with Gasteiger partial charge in [0.2, 0.25) is 0 Å². The Morgan fingerprint density at radius 1 is 1.16 bits per heavy atom. The van der Waals surface area contributed by atoms with E-state index in [-0.39, 0.29) is 11.6 Å². The van der Waals surface area contributed by atoms with Crippen molar-refractivity contribution in [2.75, 3.05) is 20.2 Å². The minimum atomic E-state index is -0.183. The fourth-order valence-electron chi connectivity index (χ4n) is 4.88. The van der Waals surface area contributed by atoms with Gasteiger partial charge in [0.25, 0.3) is 0 Å². The summed E-state index contributed by atoms with van der Waals surface area (Å²) in [6.45, 7) is 3.51. The van der Waals surface area contributed by atoms with Crippen LogP contribution in [0.2, 0.25) is 0 Å². The standard InChI is InChI=1S/C25H27N3O3/c1-17-20-5-3-4-6-22(20)26-16-21(17)18-7-8-23-19(15-18)9-10-25(31-23)11-13-28(14-12-25)24(29)27-30-2/h3-8,15-16H,9-14H2,1-2H3,(H,27,29). The van der Waals surface area contributed by atoms with Gasteiger partial charge in [-0.15, -0.1) is 0 Å². The van der Waals surface area contributed by atoms with Gasteiger partial charge < -0.3 is 9.64 Å². The summed E-state index contributed by atoms with van der Waals surface area (Å²) in [4.78, 5) is 23.2. The Hall–Kier alpha value is -3.12. The lowest BCUT2D eigenvalue weighted by Gasteiger charge is -2.44. The van der Waals surface area contributed by atoms with Gasteiger partial charge in [0.1, 0.15) is 11.4 Å². The van der Waals surface area contributed by atoms with Crippen LogP contribution in [0.3, 0.4) is 0 Å². The van der Waals surface area contributed by atoms with Gasteiger partial charge in [-0.2, -0.15) is 0 Å². The minimum absolute atomic E-state index is 0.182. The summed E-state index contributed by atoms with van der Waals surface area (Å²) in [6.07, 6.45) is 5.59. The first-order chi connectivity index (χ1) is 15.1. The van der Waals surface area contributed by atoms with Gasteiger partial charge >= 0.3 is 6.03 Å². The third-order valence-corrected chi connectivity index (χ3v) is 6.74. The number of para-hydroxylation sites is 1. The van der Waals surface area contributed by atoms with E-state index in [2.05, 4.69) is 53.8 Å². The maximum absolute atomic E-state index is 12.0. The third-order valence-electron chi connectivity index (χ3n) is 6.74. The predicted octanol–water partition coefficient (Wildman–Crippen LogP) is 4.64. The Kier molecular flexibility index (Phi) is 5.02. The number of rotatable bonds is 2. The zero-order valence-corrected chi connectivity index (χ0v) is 18.0.